The molecule has 0 heterocycles. The Balaban J connectivity index is 2.51. The van der Waals surface area contributed by atoms with E-state index in [2.05, 4.69) is 22.2 Å². The van der Waals surface area contributed by atoms with Crippen LogP contribution >= 0.6 is 0 Å². The van der Waals surface area contributed by atoms with Crippen molar-refractivity contribution >= 4 is 5.96 Å². The van der Waals surface area contributed by atoms with Gasteiger partial charge in [0.05, 0.1) is 6.54 Å². The monoisotopic (exact) mass is 279 g/mol. The molecule has 1 aromatic carbocycles. The number of halogens is 1. The van der Waals surface area contributed by atoms with Crippen molar-refractivity contribution in [2.75, 3.05) is 20.1 Å². The Labute approximate surface area is 119 Å². The average molecular weight is 279 g/mol. The first-order valence-corrected chi connectivity index (χ1v) is 6.67. The summed E-state index contributed by atoms with van der Waals surface area (Å²) in [5.41, 5.74) is 0. The summed E-state index contributed by atoms with van der Waals surface area (Å²) in [6, 6.07) is 6.41. The number of aliphatic imine (C=N–C) groups is 1. The minimum absolute atomic E-state index is 0.130. The lowest BCUT2D eigenvalue weighted by Crippen LogP contribution is -2.42. The molecule has 1 aromatic rings. The highest BCUT2D eigenvalue weighted by atomic mass is 19.1. The van der Waals surface area contributed by atoms with Gasteiger partial charge in [-0.25, -0.2) is 4.39 Å². The molecule has 0 bridgehead atoms. The minimum Gasteiger partial charge on any atom is -0.486 e. The number of hydrogen-bond donors (Lipinski definition) is 2. The highest BCUT2D eigenvalue weighted by Crippen LogP contribution is 2.17. The maximum atomic E-state index is 13.5. The number of para-hydroxylation sites is 1. The number of guanidine groups is 1. The smallest absolute Gasteiger partial charge is 0.191 e. The molecule has 110 valence electrons. The predicted octanol–water partition coefficient (Wildman–Crippen LogP) is 2.33. The zero-order valence-electron chi connectivity index (χ0n) is 12.0. The first-order chi connectivity index (χ1) is 9.71. The van der Waals surface area contributed by atoms with Crippen LogP contribution < -0.4 is 15.4 Å². The van der Waals surface area contributed by atoms with Crippen LogP contribution in [0.3, 0.4) is 0 Å². The van der Waals surface area contributed by atoms with Crippen molar-refractivity contribution in [2.24, 2.45) is 4.99 Å². The van der Waals surface area contributed by atoms with Crippen molar-refractivity contribution in [1.29, 1.82) is 0 Å². The fourth-order valence-electron chi connectivity index (χ4n) is 1.59. The molecule has 1 atom stereocenters. The van der Waals surface area contributed by atoms with E-state index < -0.39 is 0 Å². The Morgan fingerprint density at radius 3 is 2.80 bits per heavy atom. The summed E-state index contributed by atoms with van der Waals surface area (Å²) < 4.78 is 19.2. The number of ether oxygens (including phenoxy) is 1. The third kappa shape index (κ3) is 5.30. The second kappa shape index (κ2) is 8.96. The Bertz CT molecular complexity index is 448. The highest BCUT2D eigenvalue weighted by Gasteiger charge is 2.11. The van der Waals surface area contributed by atoms with Crippen molar-refractivity contribution in [1.82, 2.24) is 10.6 Å². The summed E-state index contributed by atoms with van der Waals surface area (Å²) in [4.78, 5) is 4.07. The second-order valence-corrected chi connectivity index (χ2v) is 4.20. The maximum absolute atomic E-state index is 13.5. The van der Waals surface area contributed by atoms with Gasteiger partial charge in [-0.15, -0.1) is 6.58 Å². The molecule has 0 saturated heterocycles. The van der Waals surface area contributed by atoms with Crippen LogP contribution in [0.15, 0.2) is 41.9 Å². The van der Waals surface area contributed by atoms with E-state index in [0.717, 1.165) is 6.42 Å². The van der Waals surface area contributed by atoms with Crippen molar-refractivity contribution in [3.8, 4) is 5.75 Å². The number of nitrogens with zero attached hydrogens (tertiary/aromatic N) is 1. The fraction of sp³-hybridized carbons (Fsp3) is 0.400. The Morgan fingerprint density at radius 1 is 1.45 bits per heavy atom. The van der Waals surface area contributed by atoms with Crippen LogP contribution in [0, 0.1) is 5.82 Å². The highest BCUT2D eigenvalue weighted by molar-refractivity contribution is 5.79. The molecule has 5 heteroatoms. The van der Waals surface area contributed by atoms with Crippen LogP contribution in [0.4, 0.5) is 4.39 Å². The standard InChI is InChI=1S/C15H22FN3O/c1-4-10-18-15(17-3)19-11-12(5-2)20-14-9-7-6-8-13(14)16/h4,6-9,12H,1,5,10-11H2,2-3H3,(H2,17,18,19). The van der Waals surface area contributed by atoms with Gasteiger partial charge in [-0.05, 0) is 18.6 Å². The van der Waals surface area contributed by atoms with Gasteiger partial charge >= 0.3 is 0 Å². The lowest BCUT2D eigenvalue weighted by Gasteiger charge is -2.20. The summed E-state index contributed by atoms with van der Waals surface area (Å²) in [6.07, 6.45) is 2.38. The van der Waals surface area contributed by atoms with Crippen molar-refractivity contribution in [3.63, 3.8) is 0 Å². The number of nitrogens with one attached hydrogen (secondary N) is 2. The molecular formula is C15H22FN3O. The zero-order chi connectivity index (χ0) is 14.8. The second-order valence-electron chi connectivity index (χ2n) is 4.20. The summed E-state index contributed by atoms with van der Waals surface area (Å²) in [5, 5.41) is 6.20. The van der Waals surface area contributed by atoms with Gasteiger partial charge < -0.3 is 15.4 Å². The molecule has 4 nitrogen and oxygen atoms in total. The normalized spacial score (nSPS) is 12.7. The number of hydrogen-bond acceptors (Lipinski definition) is 2. The third-order valence-electron chi connectivity index (χ3n) is 2.72. The van der Waals surface area contributed by atoms with Crippen LogP contribution in [0.5, 0.6) is 5.75 Å². The van der Waals surface area contributed by atoms with Gasteiger partial charge in [0.1, 0.15) is 6.10 Å². The Hall–Kier alpha value is -2.04. The minimum atomic E-state index is -0.347. The maximum Gasteiger partial charge on any atom is 0.191 e. The van der Waals surface area contributed by atoms with Gasteiger partial charge in [0.15, 0.2) is 17.5 Å². The zero-order valence-corrected chi connectivity index (χ0v) is 12.0. The van der Waals surface area contributed by atoms with E-state index in [4.69, 9.17) is 4.74 Å². The van der Waals surface area contributed by atoms with Crippen LogP contribution in [0.2, 0.25) is 0 Å². The molecule has 0 fully saturated rings. The predicted molar refractivity (Wildman–Crippen MR) is 80.7 cm³/mol. The van der Waals surface area contributed by atoms with Crippen molar-refractivity contribution in [2.45, 2.75) is 19.4 Å². The van der Waals surface area contributed by atoms with Gasteiger partial charge in [-0.3, -0.25) is 4.99 Å². The van der Waals surface area contributed by atoms with Gasteiger partial charge in [0, 0.05) is 13.6 Å². The van der Waals surface area contributed by atoms with E-state index in [1.54, 1.807) is 31.3 Å². The fourth-order valence-corrected chi connectivity index (χ4v) is 1.59. The summed E-state index contributed by atoms with van der Waals surface area (Å²) in [7, 11) is 1.69. The Kier molecular flexibility index (Phi) is 7.17. The van der Waals surface area contributed by atoms with Gasteiger partial charge in [0.25, 0.3) is 0 Å². The van der Waals surface area contributed by atoms with Crippen LogP contribution in [-0.4, -0.2) is 32.2 Å². The van der Waals surface area contributed by atoms with Gasteiger partial charge in [-0.1, -0.05) is 25.1 Å². The summed E-state index contributed by atoms with van der Waals surface area (Å²) in [5.74, 6) is 0.593. The molecule has 0 aromatic heterocycles. The first kappa shape index (κ1) is 16.0. The molecule has 0 saturated carbocycles. The van der Waals surface area contributed by atoms with Crippen LogP contribution in [-0.2, 0) is 0 Å². The molecule has 0 aliphatic heterocycles. The molecule has 1 unspecified atom stereocenters. The molecule has 0 aliphatic rings. The van der Waals surface area contributed by atoms with E-state index in [-0.39, 0.29) is 17.7 Å². The molecule has 20 heavy (non-hydrogen) atoms. The molecule has 0 aliphatic carbocycles. The van der Waals surface area contributed by atoms with Crippen LogP contribution in [0.25, 0.3) is 0 Å². The molecule has 0 spiro atoms. The molecular weight excluding hydrogens is 257 g/mol. The summed E-state index contributed by atoms with van der Waals surface area (Å²) >= 11 is 0. The lowest BCUT2D eigenvalue weighted by atomic mass is 10.2. The van der Waals surface area contributed by atoms with E-state index in [1.807, 2.05) is 6.92 Å². The van der Waals surface area contributed by atoms with E-state index >= 15 is 0 Å². The van der Waals surface area contributed by atoms with E-state index in [9.17, 15) is 4.39 Å². The van der Waals surface area contributed by atoms with Crippen molar-refractivity contribution in [3.05, 3.63) is 42.7 Å². The molecule has 0 radical (unpaired) electrons. The third-order valence-corrected chi connectivity index (χ3v) is 2.72. The number of rotatable bonds is 7. The molecule has 2 N–H and O–H groups in total. The van der Waals surface area contributed by atoms with Gasteiger partial charge in [-0.2, -0.15) is 0 Å². The Morgan fingerprint density at radius 2 is 2.20 bits per heavy atom. The largest absolute Gasteiger partial charge is 0.486 e. The lowest BCUT2D eigenvalue weighted by molar-refractivity contribution is 0.191. The van der Waals surface area contributed by atoms with Gasteiger partial charge in [0.2, 0.25) is 0 Å². The summed E-state index contributed by atoms with van der Waals surface area (Å²) in [6.45, 7) is 6.80. The SMILES string of the molecule is C=CCNC(=NC)NCC(CC)Oc1ccccc1F. The van der Waals surface area contributed by atoms with E-state index in [0.29, 0.717) is 19.0 Å². The van der Waals surface area contributed by atoms with Crippen molar-refractivity contribution < 1.29 is 9.13 Å². The number of benzene rings is 1. The molecule has 1 rings (SSSR count). The van der Waals surface area contributed by atoms with E-state index in [1.165, 1.54) is 6.07 Å². The van der Waals surface area contributed by atoms with Crippen LogP contribution in [0.1, 0.15) is 13.3 Å². The average Bonchev–Trinajstić information content (AvgIpc) is 2.48. The topological polar surface area (TPSA) is 45.7 Å². The first-order valence-electron chi connectivity index (χ1n) is 6.67. The quantitative estimate of drug-likeness (QED) is 0.457. The molecule has 0 amide bonds.